The summed E-state index contributed by atoms with van der Waals surface area (Å²) in [5.74, 6) is 1.02. The quantitative estimate of drug-likeness (QED) is 0.355. The Bertz CT molecular complexity index is 1590. The predicted octanol–water partition coefficient (Wildman–Crippen LogP) is 6.61. The monoisotopic (exact) mass is 413 g/mol. The fourth-order valence-corrected chi connectivity index (χ4v) is 4.30. The van der Waals surface area contributed by atoms with Crippen LogP contribution in [0.25, 0.3) is 50.1 Å². The first-order valence-electron chi connectivity index (χ1n) is 10.5. The molecule has 0 bridgehead atoms. The third-order valence-corrected chi connectivity index (χ3v) is 5.78. The van der Waals surface area contributed by atoms with E-state index in [4.69, 9.17) is 4.98 Å². The fraction of sp³-hybridized carbons (Fsp3) is 0. The van der Waals surface area contributed by atoms with E-state index in [1.165, 1.54) is 5.39 Å². The van der Waals surface area contributed by atoms with Crippen molar-refractivity contribution in [3.63, 3.8) is 0 Å². The molecule has 0 spiro atoms. The zero-order valence-electron chi connectivity index (χ0n) is 17.2. The van der Waals surface area contributed by atoms with Crippen LogP contribution < -0.4 is 0 Å². The van der Waals surface area contributed by atoms with E-state index in [0.717, 1.165) is 39.2 Å². The maximum Gasteiger partial charge on any atom is 0.138 e. The van der Waals surface area contributed by atoms with E-state index < -0.39 is 0 Å². The number of aromatic nitrogens is 3. The molecule has 32 heavy (non-hydrogen) atoms. The van der Waals surface area contributed by atoms with Crippen molar-refractivity contribution in [2.75, 3.05) is 0 Å². The molecule has 0 amide bonds. The van der Waals surface area contributed by atoms with Gasteiger partial charge >= 0.3 is 0 Å². The number of pyridine rings is 2. The number of aromatic hydroxyl groups is 1. The van der Waals surface area contributed by atoms with Gasteiger partial charge in [-0.2, -0.15) is 0 Å². The molecule has 0 aliphatic rings. The van der Waals surface area contributed by atoms with Crippen LogP contribution in [0.3, 0.4) is 0 Å². The van der Waals surface area contributed by atoms with E-state index in [9.17, 15) is 5.11 Å². The number of rotatable bonds is 3. The van der Waals surface area contributed by atoms with Crippen LogP contribution in [0.4, 0.5) is 0 Å². The van der Waals surface area contributed by atoms with Gasteiger partial charge < -0.3 is 5.11 Å². The average Bonchev–Trinajstić information content (AvgIpc) is 3.19. The van der Waals surface area contributed by atoms with Crippen molar-refractivity contribution in [2.45, 2.75) is 0 Å². The van der Waals surface area contributed by atoms with Crippen molar-refractivity contribution in [1.29, 1.82) is 0 Å². The highest BCUT2D eigenvalue weighted by Crippen LogP contribution is 2.35. The normalized spacial score (nSPS) is 11.2. The van der Waals surface area contributed by atoms with Gasteiger partial charge in [-0.15, -0.1) is 0 Å². The molecule has 0 unspecified atom stereocenters. The third kappa shape index (κ3) is 2.93. The van der Waals surface area contributed by atoms with Crippen LogP contribution in [0, 0.1) is 0 Å². The van der Waals surface area contributed by atoms with Gasteiger partial charge in [0.05, 0.1) is 22.4 Å². The van der Waals surface area contributed by atoms with Gasteiger partial charge in [0.2, 0.25) is 0 Å². The first kappa shape index (κ1) is 18.3. The molecule has 3 aromatic carbocycles. The molecular weight excluding hydrogens is 394 g/mol. The molecule has 0 radical (unpaired) electrons. The molecular formula is C28H19N3O. The average molecular weight is 413 g/mol. The van der Waals surface area contributed by atoms with Crippen molar-refractivity contribution >= 4 is 21.8 Å². The molecule has 0 aliphatic heterocycles. The Hall–Kier alpha value is -4.44. The van der Waals surface area contributed by atoms with Gasteiger partial charge in [-0.05, 0) is 48.5 Å². The molecule has 1 N–H and O–H groups in total. The Kier molecular flexibility index (Phi) is 4.22. The summed E-state index contributed by atoms with van der Waals surface area (Å²) >= 11 is 0. The van der Waals surface area contributed by atoms with Crippen molar-refractivity contribution in [2.24, 2.45) is 0 Å². The summed E-state index contributed by atoms with van der Waals surface area (Å²) in [7, 11) is 0. The summed E-state index contributed by atoms with van der Waals surface area (Å²) in [6.07, 6.45) is 1.81. The van der Waals surface area contributed by atoms with Gasteiger partial charge in [-0.1, -0.05) is 54.6 Å². The summed E-state index contributed by atoms with van der Waals surface area (Å²) in [5, 5.41) is 12.7. The van der Waals surface area contributed by atoms with Gasteiger partial charge in [0.1, 0.15) is 11.6 Å². The lowest BCUT2D eigenvalue weighted by Gasteiger charge is -2.10. The standard InChI is InChI=1S/C28H19N3O/c32-27-13-4-2-9-22(27)24-11-7-14-28(30-24)31-25-12-3-1-8-20(25)21-16-15-19(18-26(21)31)23-10-5-6-17-29-23/h1-18,32H. The molecule has 4 heteroatoms. The molecule has 4 nitrogen and oxygen atoms in total. The predicted molar refractivity (Wildman–Crippen MR) is 129 cm³/mol. The number of hydrogen-bond acceptors (Lipinski definition) is 3. The summed E-state index contributed by atoms with van der Waals surface area (Å²) < 4.78 is 2.18. The summed E-state index contributed by atoms with van der Waals surface area (Å²) in [6, 6.07) is 33.9. The van der Waals surface area contributed by atoms with Crippen LogP contribution in [0.5, 0.6) is 5.75 Å². The maximum absolute atomic E-state index is 10.3. The SMILES string of the molecule is Oc1ccccc1-c1cccc(-n2c3ccccc3c3ccc(-c4ccccn4)cc32)n1. The van der Waals surface area contributed by atoms with Crippen molar-refractivity contribution in [3.8, 4) is 34.1 Å². The lowest BCUT2D eigenvalue weighted by Crippen LogP contribution is -1.98. The zero-order valence-corrected chi connectivity index (χ0v) is 17.2. The summed E-state index contributed by atoms with van der Waals surface area (Å²) in [4.78, 5) is 9.46. The first-order chi connectivity index (χ1) is 15.8. The van der Waals surface area contributed by atoms with E-state index in [-0.39, 0.29) is 5.75 Å². The molecule has 0 saturated carbocycles. The largest absolute Gasteiger partial charge is 0.507 e. The van der Waals surface area contributed by atoms with Gasteiger partial charge in [-0.3, -0.25) is 9.55 Å². The van der Waals surface area contributed by atoms with Crippen LogP contribution in [0.2, 0.25) is 0 Å². The van der Waals surface area contributed by atoms with Gasteiger partial charge in [-0.25, -0.2) is 4.98 Å². The van der Waals surface area contributed by atoms with Gasteiger partial charge in [0.15, 0.2) is 0 Å². The van der Waals surface area contributed by atoms with Crippen molar-refractivity contribution in [1.82, 2.24) is 14.5 Å². The number of benzene rings is 3. The highest BCUT2D eigenvalue weighted by molar-refractivity contribution is 6.10. The van der Waals surface area contributed by atoms with E-state index in [1.54, 1.807) is 6.07 Å². The number of phenolic OH excluding ortho intramolecular Hbond substituents is 1. The summed E-state index contributed by atoms with van der Waals surface area (Å²) in [5.41, 5.74) is 5.58. The molecule has 6 rings (SSSR count). The summed E-state index contributed by atoms with van der Waals surface area (Å²) in [6.45, 7) is 0. The molecule has 3 aromatic heterocycles. The Morgan fingerprint density at radius 1 is 0.625 bits per heavy atom. The molecule has 6 aromatic rings. The Morgan fingerprint density at radius 2 is 1.41 bits per heavy atom. The lowest BCUT2D eigenvalue weighted by atomic mass is 10.1. The maximum atomic E-state index is 10.3. The minimum Gasteiger partial charge on any atom is -0.507 e. The second-order valence-corrected chi connectivity index (χ2v) is 7.70. The number of phenols is 1. The van der Waals surface area contributed by atoms with E-state index >= 15 is 0 Å². The smallest absolute Gasteiger partial charge is 0.138 e. The van der Waals surface area contributed by atoms with E-state index in [1.807, 2.05) is 66.9 Å². The van der Waals surface area contributed by atoms with Crippen LogP contribution in [0.1, 0.15) is 0 Å². The van der Waals surface area contributed by atoms with Crippen LogP contribution in [0.15, 0.2) is 109 Å². The van der Waals surface area contributed by atoms with Gasteiger partial charge in [0, 0.05) is 28.1 Å². The van der Waals surface area contributed by atoms with Crippen LogP contribution in [-0.2, 0) is 0 Å². The molecule has 152 valence electrons. The number of fused-ring (bicyclic) bond motifs is 3. The van der Waals surface area contributed by atoms with Crippen LogP contribution in [-0.4, -0.2) is 19.6 Å². The second-order valence-electron chi connectivity index (χ2n) is 7.70. The highest BCUT2D eigenvalue weighted by atomic mass is 16.3. The molecule has 0 aliphatic carbocycles. The van der Waals surface area contributed by atoms with Crippen LogP contribution >= 0.6 is 0 Å². The second kappa shape index (κ2) is 7.36. The number of hydrogen-bond donors (Lipinski definition) is 1. The molecule has 3 heterocycles. The molecule has 0 saturated heterocycles. The number of para-hydroxylation sites is 2. The Morgan fingerprint density at radius 3 is 2.28 bits per heavy atom. The Labute approximate surface area is 185 Å². The fourth-order valence-electron chi connectivity index (χ4n) is 4.30. The topological polar surface area (TPSA) is 50.9 Å². The van der Waals surface area contributed by atoms with Gasteiger partial charge in [0.25, 0.3) is 0 Å². The zero-order chi connectivity index (χ0) is 21.5. The highest BCUT2D eigenvalue weighted by Gasteiger charge is 2.15. The van der Waals surface area contributed by atoms with Crippen molar-refractivity contribution < 1.29 is 5.11 Å². The van der Waals surface area contributed by atoms with Crippen molar-refractivity contribution in [3.05, 3.63) is 109 Å². The first-order valence-corrected chi connectivity index (χ1v) is 10.5. The van der Waals surface area contributed by atoms with E-state index in [2.05, 4.69) is 45.9 Å². The minimum absolute atomic E-state index is 0.219. The lowest BCUT2D eigenvalue weighted by molar-refractivity contribution is 0.477. The third-order valence-electron chi connectivity index (χ3n) is 5.78. The molecule has 0 atom stereocenters. The molecule has 0 fully saturated rings. The van der Waals surface area contributed by atoms with E-state index in [0.29, 0.717) is 5.56 Å². The minimum atomic E-state index is 0.219. The Balaban J connectivity index is 1.63. The number of nitrogens with zero attached hydrogens (tertiary/aromatic N) is 3.